The number of benzene rings is 2. The summed E-state index contributed by atoms with van der Waals surface area (Å²) in [5, 5.41) is 3.08. The van der Waals surface area contributed by atoms with Crippen LogP contribution in [0.3, 0.4) is 0 Å². The number of hydrogen-bond donors (Lipinski definition) is 1. The van der Waals surface area contributed by atoms with Crippen molar-refractivity contribution in [2.24, 2.45) is 5.92 Å². The number of nitrogens with zero attached hydrogens (tertiary/aromatic N) is 2. The Morgan fingerprint density at radius 1 is 1.03 bits per heavy atom. The van der Waals surface area contributed by atoms with Gasteiger partial charge in [0.2, 0.25) is 0 Å². The molecule has 1 aliphatic heterocycles. The van der Waals surface area contributed by atoms with E-state index in [1.165, 1.54) is 15.5 Å². The van der Waals surface area contributed by atoms with Crippen molar-refractivity contribution in [2.45, 2.75) is 63.4 Å². The smallest absolute Gasteiger partial charge is 0.251 e. The van der Waals surface area contributed by atoms with Crippen LogP contribution in [0.15, 0.2) is 52.3 Å². The predicted molar refractivity (Wildman–Crippen MR) is 128 cm³/mol. The zero-order valence-electron chi connectivity index (χ0n) is 18.9. The molecule has 0 fully saturated rings. The van der Waals surface area contributed by atoms with Gasteiger partial charge in [0.05, 0.1) is 17.5 Å². The second kappa shape index (κ2) is 10.4. The first kappa shape index (κ1) is 22.7. The second-order valence-corrected chi connectivity index (χ2v) is 9.25. The van der Waals surface area contributed by atoms with E-state index in [2.05, 4.69) is 86.1 Å². The summed E-state index contributed by atoms with van der Waals surface area (Å²) in [5.74, 6) is 0.592. The SMILES string of the molecule is CCC(N(CC)CC)N1c2ccccc2Sc2ccc(C(=O)NCCC(C)C)cc21. The summed E-state index contributed by atoms with van der Waals surface area (Å²) in [6.07, 6.45) is 2.25. The molecule has 4 nitrogen and oxygen atoms in total. The molecule has 0 aromatic heterocycles. The van der Waals surface area contributed by atoms with Gasteiger partial charge in [0.1, 0.15) is 0 Å². The Hall–Kier alpha value is -1.98. The van der Waals surface area contributed by atoms with Crippen molar-refractivity contribution >= 4 is 29.0 Å². The molecule has 1 heterocycles. The Labute approximate surface area is 186 Å². The summed E-state index contributed by atoms with van der Waals surface area (Å²) in [5.41, 5.74) is 3.09. The van der Waals surface area contributed by atoms with E-state index in [0.29, 0.717) is 12.5 Å². The van der Waals surface area contributed by atoms with E-state index < -0.39 is 0 Å². The van der Waals surface area contributed by atoms with E-state index in [4.69, 9.17) is 0 Å². The maximum absolute atomic E-state index is 12.8. The quantitative estimate of drug-likeness (QED) is 0.523. The standard InChI is InChI=1S/C25H35N3OS/c1-6-24(27(7-2)8-3)28-20-11-9-10-12-22(20)30-23-14-13-19(17-21(23)28)25(29)26-16-15-18(4)5/h9-14,17-18,24H,6-8,15-16H2,1-5H3,(H,26,29). The molecule has 3 rings (SSSR count). The van der Waals surface area contributed by atoms with Crippen LogP contribution in [0.4, 0.5) is 11.4 Å². The maximum atomic E-state index is 12.8. The topological polar surface area (TPSA) is 35.6 Å². The van der Waals surface area contributed by atoms with Crippen molar-refractivity contribution in [3.8, 4) is 0 Å². The molecule has 2 aromatic rings. The highest BCUT2D eigenvalue weighted by atomic mass is 32.2. The second-order valence-electron chi connectivity index (χ2n) is 8.17. The predicted octanol–water partition coefficient (Wildman–Crippen LogP) is 6.14. The first-order valence-corrected chi connectivity index (χ1v) is 12.0. The third-order valence-corrected chi connectivity index (χ3v) is 6.86. The molecule has 1 amide bonds. The van der Waals surface area contributed by atoms with Gasteiger partial charge in [-0.1, -0.05) is 58.5 Å². The van der Waals surface area contributed by atoms with Crippen LogP contribution in [0.1, 0.15) is 57.8 Å². The Bertz CT molecular complexity index is 863. The van der Waals surface area contributed by atoms with Gasteiger partial charge in [0, 0.05) is 21.9 Å². The molecule has 0 saturated carbocycles. The first-order chi connectivity index (χ1) is 14.5. The number of rotatable bonds is 9. The van der Waals surface area contributed by atoms with E-state index in [9.17, 15) is 4.79 Å². The average molecular weight is 426 g/mol. The van der Waals surface area contributed by atoms with Crippen LogP contribution in [-0.2, 0) is 0 Å². The van der Waals surface area contributed by atoms with Crippen molar-refractivity contribution in [1.82, 2.24) is 10.2 Å². The molecule has 0 aliphatic carbocycles. The molecule has 162 valence electrons. The van der Waals surface area contributed by atoms with Gasteiger partial charge in [-0.2, -0.15) is 0 Å². The van der Waals surface area contributed by atoms with Gasteiger partial charge in [0.25, 0.3) is 5.91 Å². The Balaban J connectivity index is 2.00. The summed E-state index contributed by atoms with van der Waals surface area (Å²) in [6, 6.07) is 14.7. The van der Waals surface area contributed by atoms with Gasteiger partial charge in [-0.05, 0) is 62.2 Å². The fourth-order valence-electron chi connectivity index (χ4n) is 4.07. The largest absolute Gasteiger partial charge is 0.352 e. The molecule has 0 bridgehead atoms. The third kappa shape index (κ3) is 4.84. The zero-order valence-corrected chi connectivity index (χ0v) is 19.8. The lowest BCUT2D eigenvalue weighted by molar-refractivity contribution is 0.0952. The van der Waals surface area contributed by atoms with E-state index in [1.54, 1.807) is 11.8 Å². The van der Waals surface area contributed by atoms with Crippen LogP contribution in [0.2, 0.25) is 0 Å². The molecule has 2 aromatic carbocycles. The van der Waals surface area contributed by atoms with Crippen LogP contribution in [0.5, 0.6) is 0 Å². The Morgan fingerprint density at radius 2 is 1.73 bits per heavy atom. The zero-order chi connectivity index (χ0) is 21.7. The molecule has 0 spiro atoms. The van der Waals surface area contributed by atoms with Crippen molar-refractivity contribution in [3.05, 3.63) is 48.0 Å². The number of amides is 1. The fraction of sp³-hybridized carbons (Fsp3) is 0.480. The molecule has 0 radical (unpaired) electrons. The highest BCUT2D eigenvalue weighted by Crippen LogP contribution is 2.49. The van der Waals surface area contributed by atoms with Gasteiger partial charge < -0.3 is 10.2 Å². The molecule has 30 heavy (non-hydrogen) atoms. The summed E-state index contributed by atoms with van der Waals surface area (Å²) in [7, 11) is 0. The molecule has 1 aliphatic rings. The van der Waals surface area contributed by atoms with Gasteiger partial charge in [0.15, 0.2) is 0 Å². The van der Waals surface area contributed by atoms with Crippen molar-refractivity contribution < 1.29 is 4.79 Å². The van der Waals surface area contributed by atoms with Crippen molar-refractivity contribution in [3.63, 3.8) is 0 Å². The minimum absolute atomic E-state index is 0.0122. The molecule has 1 atom stereocenters. The molecule has 1 N–H and O–H groups in total. The van der Waals surface area contributed by atoms with Crippen LogP contribution >= 0.6 is 11.8 Å². The summed E-state index contributed by atoms with van der Waals surface area (Å²) >= 11 is 1.79. The molecular weight excluding hydrogens is 390 g/mol. The summed E-state index contributed by atoms with van der Waals surface area (Å²) < 4.78 is 0. The van der Waals surface area contributed by atoms with Crippen LogP contribution < -0.4 is 10.2 Å². The molecule has 5 heteroatoms. The van der Waals surface area contributed by atoms with Crippen LogP contribution in [0, 0.1) is 5.92 Å². The van der Waals surface area contributed by atoms with Crippen molar-refractivity contribution in [1.29, 1.82) is 0 Å². The highest BCUT2D eigenvalue weighted by molar-refractivity contribution is 7.99. The van der Waals surface area contributed by atoms with Crippen LogP contribution in [0.25, 0.3) is 0 Å². The number of carbonyl (C=O) groups excluding carboxylic acids is 1. The third-order valence-electron chi connectivity index (χ3n) is 5.73. The monoisotopic (exact) mass is 425 g/mol. The summed E-state index contributed by atoms with van der Waals surface area (Å²) in [4.78, 5) is 20.2. The van der Waals surface area contributed by atoms with Crippen molar-refractivity contribution in [2.75, 3.05) is 24.5 Å². The molecule has 1 unspecified atom stereocenters. The van der Waals surface area contributed by atoms with Gasteiger partial charge in [-0.25, -0.2) is 0 Å². The number of anilines is 2. The van der Waals surface area contributed by atoms with E-state index in [1.807, 2.05) is 6.07 Å². The van der Waals surface area contributed by atoms with Gasteiger partial charge >= 0.3 is 0 Å². The number of nitrogens with one attached hydrogen (secondary N) is 1. The molecule has 0 saturated heterocycles. The number of carbonyl (C=O) groups is 1. The Morgan fingerprint density at radius 3 is 2.40 bits per heavy atom. The lowest BCUT2D eigenvalue weighted by Crippen LogP contribution is -2.46. The number of fused-ring (bicyclic) bond motifs is 2. The van der Waals surface area contributed by atoms with Gasteiger partial charge in [-0.3, -0.25) is 9.69 Å². The van der Waals surface area contributed by atoms with E-state index in [0.717, 1.165) is 37.2 Å². The minimum atomic E-state index is 0.0122. The molecular formula is C25H35N3OS. The lowest BCUT2D eigenvalue weighted by atomic mass is 10.1. The maximum Gasteiger partial charge on any atom is 0.251 e. The number of hydrogen-bond acceptors (Lipinski definition) is 4. The summed E-state index contributed by atoms with van der Waals surface area (Å²) in [6.45, 7) is 13.7. The van der Waals surface area contributed by atoms with E-state index in [-0.39, 0.29) is 12.1 Å². The fourth-order valence-corrected chi connectivity index (χ4v) is 5.12. The van der Waals surface area contributed by atoms with Crippen LogP contribution in [-0.4, -0.2) is 36.6 Å². The highest BCUT2D eigenvalue weighted by Gasteiger charge is 2.31. The number of para-hydroxylation sites is 1. The lowest BCUT2D eigenvalue weighted by Gasteiger charge is -2.43. The van der Waals surface area contributed by atoms with E-state index >= 15 is 0 Å². The van der Waals surface area contributed by atoms with Gasteiger partial charge in [-0.15, -0.1) is 0 Å². The Kier molecular flexibility index (Phi) is 7.84. The first-order valence-electron chi connectivity index (χ1n) is 11.2. The normalized spacial score (nSPS) is 13.9. The average Bonchev–Trinajstić information content (AvgIpc) is 2.75. The minimum Gasteiger partial charge on any atom is -0.352 e.